The maximum Gasteiger partial charge on any atom is 0.262 e. The predicted molar refractivity (Wildman–Crippen MR) is 132 cm³/mol. The number of nitrogens with one attached hydrogen (secondary N) is 1. The van der Waals surface area contributed by atoms with Crippen LogP contribution in [-0.4, -0.2) is 40.2 Å². The van der Waals surface area contributed by atoms with Gasteiger partial charge in [-0.15, -0.1) is 0 Å². The smallest absolute Gasteiger partial charge is 0.262 e. The zero-order chi connectivity index (χ0) is 24.9. The van der Waals surface area contributed by atoms with Crippen LogP contribution in [0, 0.1) is 0 Å². The van der Waals surface area contributed by atoms with Crippen molar-refractivity contribution in [3.63, 3.8) is 0 Å². The summed E-state index contributed by atoms with van der Waals surface area (Å²) in [6.07, 6.45) is 1.25. The minimum Gasteiger partial charge on any atom is -0.454 e. The first-order valence-electron chi connectivity index (χ1n) is 11.8. The molecule has 1 aliphatic carbocycles. The minimum absolute atomic E-state index is 0.0633. The first-order valence-corrected chi connectivity index (χ1v) is 12.9. The molecule has 2 heterocycles. The molecule has 3 aromatic rings. The lowest BCUT2D eigenvalue weighted by molar-refractivity contribution is -0.118. The number of alkyl halides is 2. The van der Waals surface area contributed by atoms with Gasteiger partial charge in [0.25, 0.3) is 5.92 Å². The van der Waals surface area contributed by atoms with E-state index in [1.807, 2.05) is 54.6 Å². The van der Waals surface area contributed by atoms with Gasteiger partial charge in [0.1, 0.15) is 11.0 Å². The maximum atomic E-state index is 13.5. The van der Waals surface area contributed by atoms with E-state index in [4.69, 9.17) is 9.47 Å². The molecule has 2 fully saturated rings. The molecule has 1 atom stereocenters. The number of rotatable bonds is 6. The highest BCUT2D eigenvalue weighted by atomic mass is 32.2. The minimum atomic E-state index is -2.79. The van der Waals surface area contributed by atoms with E-state index in [0.29, 0.717) is 22.1 Å². The summed E-state index contributed by atoms with van der Waals surface area (Å²) >= 11 is 0. The number of hydrogen-bond acceptors (Lipinski definition) is 4. The molecule has 2 aliphatic heterocycles. The average Bonchev–Trinajstić information content (AvgIpc) is 3.43. The van der Waals surface area contributed by atoms with Crippen LogP contribution in [0.4, 0.5) is 14.5 Å². The molecule has 1 N–H and O–H groups in total. The molecular weight excluding hydrogens is 486 g/mol. The fourth-order valence-electron chi connectivity index (χ4n) is 4.75. The van der Waals surface area contributed by atoms with Crippen LogP contribution in [0.5, 0.6) is 11.5 Å². The van der Waals surface area contributed by atoms with E-state index in [0.717, 1.165) is 29.5 Å². The van der Waals surface area contributed by atoms with Crippen LogP contribution in [0.2, 0.25) is 0 Å². The van der Waals surface area contributed by atoms with Crippen LogP contribution >= 0.6 is 0 Å². The number of amides is 1. The molecule has 0 bridgehead atoms. The normalized spacial score (nSPS) is 20.2. The van der Waals surface area contributed by atoms with E-state index in [1.165, 1.54) is 4.31 Å². The summed E-state index contributed by atoms with van der Waals surface area (Å²) in [4.78, 5) is 13.7. The quantitative estimate of drug-likeness (QED) is 0.500. The average molecular weight is 511 g/mol. The first kappa shape index (κ1) is 23.1. The zero-order valence-electron chi connectivity index (χ0n) is 19.3. The molecule has 1 unspecified atom stereocenters. The van der Waals surface area contributed by atoms with Gasteiger partial charge >= 0.3 is 0 Å². The highest BCUT2D eigenvalue weighted by molar-refractivity contribution is 7.82. The summed E-state index contributed by atoms with van der Waals surface area (Å²) < 4.78 is 51.8. The van der Waals surface area contributed by atoms with E-state index in [2.05, 4.69) is 5.32 Å². The van der Waals surface area contributed by atoms with Gasteiger partial charge in [-0.25, -0.2) is 17.3 Å². The van der Waals surface area contributed by atoms with Crippen molar-refractivity contribution in [1.29, 1.82) is 0 Å². The van der Waals surface area contributed by atoms with E-state index in [-0.39, 0.29) is 25.7 Å². The fraction of sp³-hybridized carbons (Fsp3) is 0.296. The standard InChI is InChI=1S/C27H24F2N2O4S/c28-27(29)12-13-31(16-27)36(33)22-7-4-18(5-8-22)19-2-1-3-21(14-19)30-25(32)26(10-11-26)20-6-9-23-24(15-20)35-17-34-23/h1-9,14-15H,10-13,16-17H2,(H,30,32). The Morgan fingerprint density at radius 2 is 1.69 bits per heavy atom. The topological polar surface area (TPSA) is 67.9 Å². The Balaban J connectivity index is 1.16. The molecule has 0 aromatic heterocycles. The number of hydrogen-bond donors (Lipinski definition) is 1. The Hall–Kier alpha value is -3.30. The molecule has 1 saturated heterocycles. The van der Waals surface area contributed by atoms with Gasteiger partial charge in [0.15, 0.2) is 11.5 Å². The number of fused-ring (bicyclic) bond motifs is 1. The van der Waals surface area contributed by atoms with Gasteiger partial charge in [-0.2, -0.15) is 0 Å². The number of halogens is 2. The van der Waals surface area contributed by atoms with Crippen molar-refractivity contribution in [2.45, 2.75) is 35.5 Å². The van der Waals surface area contributed by atoms with E-state index >= 15 is 0 Å². The molecule has 36 heavy (non-hydrogen) atoms. The van der Waals surface area contributed by atoms with Gasteiger partial charge in [0, 0.05) is 18.7 Å². The Labute approximate surface area is 209 Å². The molecule has 0 radical (unpaired) electrons. The van der Waals surface area contributed by atoms with Gasteiger partial charge in [-0.05, 0) is 65.9 Å². The fourth-order valence-corrected chi connectivity index (χ4v) is 5.98. The predicted octanol–water partition coefficient (Wildman–Crippen LogP) is 5.12. The summed E-state index contributed by atoms with van der Waals surface area (Å²) in [5, 5.41) is 3.06. The molecule has 1 saturated carbocycles. The van der Waals surface area contributed by atoms with Crippen molar-refractivity contribution < 1.29 is 27.3 Å². The largest absolute Gasteiger partial charge is 0.454 e. The van der Waals surface area contributed by atoms with Crippen LogP contribution in [0.15, 0.2) is 71.6 Å². The van der Waals surface area contributed by atoms with Crippen LogP contribution in [0.25, 0.3) is 11.1 Å². The van der Waals surface area contributed by atoms with Gasteiger partial charge < -0.3 is 14.8 Å². The molecule has 0 spiro atoms. The second-order valence-electron chi connectivity index (χ2n) is 9.43. The summed E-state index contributed by atoms with van der Waals surface area (Å²) in [5.74, 6) is -1.50. The summed E-state index contributed by atoms with van der Waals surface area (Å²) in [5.41, 5.74) is 2.77. The van der Waals surface area contributed by atoms with Crippen LogP contribution < -0.4 is 14.8 Å². The summed E-state index contributed by atoms with van der Waals surface area (Å²) in [7, 11) is -1.62. The lowest BCUT2D eigenvalue weighted by Gasteiger charge is -2.17. The number of nitrogens with zero attached hydrogens (tertiary/aromatic N) is 1. The van der Waals surface area contributed by atoms with Crippen molar-refractivity contribution >= 4 is 22.6 Å². The van der Waals surface area contributed by atoms with Crippen LogP contribution in [0.1, 0.15) is 24.8 Å². The lowest BCUT2D eigenvalue weighted by atomic mass is 9.94. The van der Waals surface area contributed by atoms with Gasteiger partial charge in [-0.1, -0.05) is 30.3 Å². The Kier molecular flexibility index (Phi) is 5.57. The maximum absolute atomic E-state index is 13.5. The first-order chi connectivity index (χ1) is 17.3. The number of anilines is 1. The lowest BCUT2D eigenvalue weighted by Crippen LogP contribution is -2.27. The van der Waals surface area contributed by atoms with Crippen molar-refractivity contribution in [2.75, 3.05) is 25.2 Å². The molecule has 1 amide bonds. The van der Waals surface area contributed by atoms with Gasteiger partial charge in [-0.3, -0.25) is 4.79 Å². The van der Waals surface area contributed by atoms with E-state index < -0.39 is 28.9 Å². The molecule has 3 aliphatic rings. The number of benzene rings is 3. The highest BCUT2D eigenvalue weighted by Gasteiger charge is 2.51. The third-order valence-electron chi connectivity index (χ3n) is 6.99. The van der Waals surface area contributed by atoms with Crippen LogP contribution in [-0.2, 0) is 21.2 Å². The summed E-state index contributed by atoms with van der Waals surface area (Å²) in [6.45, 7) is -0.191. The van der Waals surface area contributed by atoms with E-state index in [9.17, 15) is 17.8 Å². The second-order valence-corrected chi connectivity index (χ2v) is 10.9. The van der Waals surface area contributed by atoms with Gasteiger partial charge in [0.05, 0.1) is 16.9 Å². The zero-order valence-corrected chi connectivity index (χ0v) is 20.2. The number of carbonyl (C=O) groups excluding carboxylic acids is 1. The Bertz CT molecular complexity index is 1360. The van der Waals surface area contributed by atoms with Crippen molar-refractivity contribution in [3.8, 4) is 22.6 Å². The highest BCUT2D eigenvalue weighted by Crippen LogP contribution is 2.51. The van der Waals surface area contributed by atoms with Crippen molar-refractivity contribution in [3.05, 3.63) is 72.3 Å². The molecule has 6 rings (SSSR count). The second kappa shape index (κ2) is 8.67. The monoisotopic (exact) mass is 510 g/mol. The number of ether oxygens (including phenoxy) is 2. The number of carbonyl (C=O) groups is 1. The third-order valence-corrected chi connectivity index (χ3v) is 8.44. The molecule has 186 valence electrons. The molecule has 9 heteroatoms. The summed E-state index contributed by atoms with van der Waals surface area (Å²) in [6, 6.07) is 20.2. The van der Waals surface area contributed by atoms with E-state index in [1.54, 1.807) is 12.1 Å². The third kappa shape index (κ3) is 4.26. The van der Waals surface area contributed by atoms with Crippen molar-refractivity contribution in [2.24, 2.45) is 0 Å². The molecular formula is C27H24F2N2O4S. The van der Waals surface area contributed by atoms with Crippen molar-refractivity contribution in [1.82, 2.24) is 4.31 Å². The molecule has 3 aromatic carbocycles. The Morgan fingerprint density at radius 3 is 2.42 bits per heavy atom. The SMILES string of the molecule is O=C(Nc1cccc(-c2ccc(S(=O)N3CCC(F)(F)C3)cc2)c1)C1(c2ccc3c(c2)OCO3)CC1. The van der Waals surface area contributed by atoms with Crippen LogP contribution in [0.3, 0.4) is 0 Å². The Morgan fingerprint density at radius 1 is 0.917 bits per heavy atom. The molecule has 6 nitrogen and oxygen atoms in total. The van der Waals surface area contributed by atoms with Gasteiger partial charge in [0.2, 0.25) is 12.7 Å².